The van der Waals surface area contributed by atoms with Crippen LogP contribution >= 0.6 is 0 Å². The van der Waals surface area contributed by atoms with E-state index in [1.54, 1.807) is 0 Å². The standard InChI is InChI=1S/C9H10O4/c10-3-12-8-5-1-4-2-6(5)9(11)13-7(4)8/h3-8H,1-2H2/t4?,5?,6?,7?,8-/m0/s1. The van der Waals surface area contributed by atoms with Gasteiger partial charge in [0.2, 0.25) is 0 Å². The lowest BCUT2D eigenvalue weighted by molar-refractivity contribution is -0.191. The largest absolute Gasteiger partial charge is 0.460 e. The molecule has 0 aromatic rings. The molecule has 13 heavy (non-hydrogen) atoms. The predicted molar refractivity (Wildman–Crippen MR) is 40.5 cm³/mol. The number of rotatable bonds is 2. The molecular formula is C9H10O4. The summed E-state index contributed by atoms with van der Waals surface area (Å²) in [5, 5.41) is 0. The number of ether oxygens (including phenoxy) is 2. The van der Waals surface area contributed by atoms with E-state index in [1.165, 1.54) is 0 Å². The van der Waals surface area contributed by atoms with Crippen molar-refractivity contribution in [2.45, 2.75) is 25.0 Å². The molecule has 0 amide bonds. The number of hydrogen-bond acceptors (Lipinski definition) is 4. The Labute approximate surface area is 75.2 Å². The molecule has 0 N–H and O–H groups in total. The molecule has 4 bridgehead atoms. The summed E-state index contributed by atoms with van der Waals surface area (Å²) in [7, 11) is 0. The molecule has 4 unspecified atom stereocenters. The Hall–Kier alpha value is -1.06. The van der Waals surface area contributed by atoms with Crippen LogP contribution in [0, 0.1) is 17.8 Å². The number of carbonyl (C=O) groups excluding carboxylic acids is 2. The highest BCUT2D eigenvalue weighted by molar-refractivity contribution is 5.76. The van der Waals surface area contributed by atoms with E-state index < -0.39 is 0 Å². The van der Waals surface area contributed by atoms with Gasteiger partial charge in [0.05, 0.1) is 5.92 Å². The topological polar surface area (TPSA) is 52.6 Å². The van der Waals surface area contributed by atoms with Gasteiger partial charge in [-0.25, -0.2) is 0 Å². The SMILES string of the molecule is O=CO[C@H]1C2CC3CC2C(=O)OC31. The Morgan fingerprint density at radius 2 is 2.31 bits per heavy atom. The zero-order valence-electron chi connectivity index (χ0n) is 7.01. The second-order valence-corrected chi connectivity index (χ2v) is 4.10. The van der Waals surface area contributed by atoms with Crippen LogP contribution in [0.5, 0.6) is 0 Å². The van der Waals surface area contributed by atoms with Crippen molar-refractivity contribution in [1.29, 1.82) is 0 Å². The van der Waals surface area contributed by atoms with Crippen LogP contribution < -0.4 is 0 Å². The van der Waals surface area contributed by atoms with Crippen LogP contribution in [0.4, 0.5) is 0 Å². The highest BCUT2D eigenvalue weighted by Crippen LogP contribution is 2.55. The monoisotopic (exact) mass is 182 g/mol. The van der Waals surface area contributed by atoms with Crippen molar-refractivity contribution >= 4 is 12.4 Å². The summed E-state index contributed by atoms with van der Waals surface area (Å²) < 4.78 is 10.1. The van der Waals surface area contributed by atoms with Crippen molar-refractivity contribution in [3.05, 3.63) is 0 Å². The van der Waals surface area contributed by atoms with Gasteiger partial charge in [0.15, 0.2) is 0 Å². The lowest BCUT2D eigenvalue weighted by Crippen LogP contribution is -2.50. The molecule has 2 saturated heterocycles. The van der Waals surface area contributed by atoms with Gasteiger partial charge in [0, 0.05) is 11.8 Å². The van der Waals surface area contributed by atoms with Crippen LogP contribution in [0.25, 0.3) is 0 Å². The zero-order chi connectivity index (χ0) is 9.00. The average molecular weight is 182 g/mol. The van der Waals surface area contributed by atoms with E-state index >= 15 is 0 Å². The molecule has 4 heteroatoms. The van der Waals surface area contributed by atoms with Crippen molar-refractivity contribution in [1.82, 2.24) is 0 Å². The molecule has 4 fully saturated rings. The summed E-state index contributed by atoms with van der Waals surface area (Å²) in [6, 6.07) is 0. The molecular weight excluding hydrogens is 172 g/mol. The van der Waals surface area contributed by atoms with Gasteiger partial charge in [-0.1, -0.05) is 0 Å². The van der Waals surface area contributed by atoms with Gasteiger partial charge < -0.3 is 9.47 Å². The van der Waals surface area contributed by atoms with Crippen LogP contribution in [0.3, 0.4) is 0 Å². The maximum Gasteiger partial charge on any atom is 0.309 e. The number of esters is 1. The van der Waals surface area contributed by atoms with Gasteiger partial charge in [-0.05, 0) is 12.8 Å². The Bertz CT molecular complexity index is 273. The molecule has 70 valence electrons. The fourth-order valence-corrected chi connectivity index (χ4v) is 3.15. The Kier molecular flexibility index (Phi) is 1.27. The van der Waals surface area contributed by atoms with E-state index in [4.69, 9.17) is 9.47 Å². The first kappa shape index (κ1) is 7.35. The number of hydrogen-bond donors (Lipinski definition) is 0. The first-order valence-corrected chi connectivity index (χ1v) is 4.61. The average Bonchev–Trinajstić information content (AvgIpc) is 2.62. The molecule has 4 rings (SSSR count). The van der Waals surface area contributed by atoms with E-state index in [9.17, 15) is 9.59 Å². The first-order chi connectivity index (χ1) is 6.31. The molecule has 0 spiro atoms. The third-order valence-electron chi connectivity index (χ3n) is 3.63. The lowest BCUT2D eigenvalue weighted by atomic mass is 9.82. The molecule has 0 aromatic carbocycles. The summed E-state index contributed by atoms with van der Waals surface area (Å²) >= 11 is 0. The Balaban J connectivity index is 1.91. The second kappa shape index (κ2) is 2.25. The summed E-state index contributed by atoms with van der Waals surface area (Å²) in [4.78, 5) is 21.5. The van der Waals surface area contributed by atoms with Gasteiger partial charge in [0.25, 0.3) is 6.47 Å². The van der Waals surface area contributed by atoms with Gasteiger partial charge in [0.1, 0.15) is 12.2 Å². The molecule has 0 radical (unpaired) electrons. The van der Waals surface area contributed by atoms with Gasteiger partial charge >= 0.3 is 5.97 Å². The molecule has 4 aliphatic rings. The summed E-state index contributed by atoms with van der Waals surface area (Å²) in [6.45, 7) is 0.467. The van der Waals surface area contributed by atoms with E-state index in [1.807, 2.05) is 0 Å². The molecule has 0 aromatic heterocycles. The van der Waals surface area contributed by atoms with Gasteiger partial charge in [-0.2, -0.15) is 0 Å². The van der Waals surface area contributed by atoms with Crippen molar-refractivity contribution in [3.8, 4) is 0 Å². The minimum absolute atomic E-state index is 0.0000463. The van der Waals surface area contributed by atoms with E-state index in [0.29, 0.717) is 12.4 Å². The van der Waals surface area contributed by atoms with Crippen LogP contribution in [-0.4, -0.2) is 24.6 Å². The van der Waals surface area contributed by atoms with Crippen LogP contribution in [0.1, 0.15) is 12.8 Å². The minimum atomic E-state index is -0.154. The second-order valence-electron chi connectivity index (χ2n) is 4.10. The van der Waals surface area contributed by atoms with Crippen molar-refractivity contribution in [2.24, 2.45) is 17.8 Å². The maximum atomic E-state index is 11.3. The molecule has 5 atom stereocenters. The van der Waals surface area contributed by atoms with Gasteiger partial charge in [-0.15, -0.1) is 0 Å². The van der Waals surface area contributed by atoms with E-state index in [-0.39, 0.29) is 30.0 Å². The van der Waals surface area contributed by atoms with Crippen LogP contribution in [0.2, 0.25) is 0 Å². The molecule has 2 aliphatic heterocycles. The molecule has 2 aliphatic carbocycles. The number of carbonyl (C=O) groups is 2. The zero-order valence-corrected chi connectivity index (χ0v) is 7.01. The smallest absolute Gasteiger partial charge is 0.309 e. The first-order valence-electron chi connectivity index (χ1n) is 4.61. The fraction of sp³-hybridized carbons (Fsp3) is 0.778. The Morgan fingerprint density at radius 3 is 3.00 bits per heavy atom. The van der Waals surface area contributed by atoms with Crippen molar-refractivity contribution in [2.75, 3.05) is 0 Å². The number of fused-ring (bicyclic) bond motifs is 1. The quantitative estimate of drug-likeness (QED) is 0.449. The van der Waals surface area contributed by atoms with Crippen molar-refractivity contribution < 1.29 is 19.1 Å². The summed E-state index contributed by atoms with van der Waals surface area (Å²) in [5.74, 6) is 0.591. The maximum absolute atomic E-state index is 11.3. The van der Waals surface area contributed by atoms with Crippen LogP contribution in [0.15, 0.2) is 0 Å². The summed E-state index contributed by atoms with van der Waals surface area (Å²) in [5.41, 5.74) is 0. The third kappa shape index (κ3) is 0.759. The fourth-order valence-electron chi connectivity index (χ4n) is 3.15. The predicted octanol–water partition coefficient (Wildman–Crippen LogP) is 0.109. The highest BCUT2D eigenvalue weighted by atomic mass is 16.6. The van der Waals surface area contributed by atoms with E-state index in [2.05, 4.69) is 0 Å². The lowest BCUT2D eigenvalue weighted by Gasteiger charge is -2.39. The van der Waals surface area contributed by atoms with Crippen LogP contribution in [-0.2, 0) is 19.1 Å². The van der Waals surface area contributed by atoms with Gasteiger partial charge in [-0.3, -0.25) is 9.59 Å². The normalized spacial score (nSPS) is 50.8. The summed E-state index contributed by atoms with van der Waals surface area (Å²) in [6.07, 6.45) is 1.62. The Morgan fingerprint density at radius 1 is 1.46 bits per heavy atom. The van der Waals surface area contributed by atoms with E-state index in [0.717, 1.165) is 12.8 Å². The molecule has 2 heterocycles. The molecule has 2 saturated carbocycles. The third-order valence-corrected chi connectivity index (χ3v) is 3.63. The molecule has 4 nitrogen and oxygen atoms in total. The highest BCUT2D eigenvalue weighted by Gasteiger charge is 2.62. The van der Waals surface area contributed by atoms with Crippen molar-refractivity contribution in [3.63, 3.8) is 0 Å². The minimum Gasteiger partial charge on any atom is -0.460 e.